The van der Waals surface area contributed by atoms with Crippen LogP contribution in [0.15, 0.2) is 29.2 Å². The Balaban J connectivity index is 2.01. The van der Waals surface area contributed by atoms with Crippen LogP contribution in [0.2, 0.25) is 0 Å². The van der Waals surface area contributed by atoms with E-state index < -0.39 is 0 Å². The van der Waals surface area contributed by atoms with E-state index in [1.807, 2.05) is 5.51 Å². The van der Waals surface area contributed by atoms with Crippen LogP contribution in [0.5, 0.6) is 0 Å². The molecule has 2 heterocycles. The van der Waals surface area contributed by atoms with Crippen molar-refractivity contribution in [2.45, 2.75) is 33.0 Å². The van der Waals surface area contributed by atoms with Crippen LogP contribution in [-0.4, -0.2) is 15.6 Å². The van der Waals surface area contributed by atoms with Crippen molar-refractivity contribution in [1.29, 1.82) is 0 Å². The van der Waals surface area contributed by atoms with E-state index in [0.717, 1.165) is 18.8 Å². The molecule has 0 saturated heterocycles. The number of hydrogen-bond acceptors (Lipinski definition) is 3. The van der Waals surface area contributed by atoms with Crippen molar-refractivity contribution < 1.29 is 0 Å². The fourth-order valence-corrected chi connectivity index (χ4v) is 2.11. The molecule has 0 saturated carbocycles. The molecule has 0 atom stereocenters. The maximum absolute atomic E-state index is 4.30. The minimum atomic E-state index is 0.516. The van der Waals surface area contributed by atoms with Gasteiger partial charge in [-0.05, 0) is 12.1 Å². The molecule has 2 aromatic heterocycles. The van der Waals surface area contributed by atoms with Gasteiger partial charge in [-0.2, -0.15) is 0 Å². The van der Waals surface area contributed by atoms with Crippen LogP contribution in [0.1, 0.15) is 25.2 Å². The number of aromatic nitrogens is 2. The molecule has 1 N–H and O–H groups in total. The van der Waals surface area contributed by atoms with Crippen LogP contribution in [-0.2, 0) is 13.1 Å². The summed E-state index contributed by atoms with van der Waals surface area (Å²) in [4.78, 5) is 4.30. The molecule has 0 unspecified atom stereocenters. The summed E-state index contributed by atoms with van der Waals surface area (Å²) in [6.07, 6.45) is 2.11. The Bertz CT molecular complexity index is 417. The Morgan fingerprint density at radius 3 is 3.06 bits per heavy atom. The maximum Gasteiger partial charge on any atom is 0.0795 e. The van der Waals surface area contributed by atoms with Gasteiger partial charge in [0.25, 0.3) is 0 Å². The second-order valence-electron chi connectivity index (χ2n) is 4.14. The fourth-order valence-electron chi connectivity index (χ4n) is 1.56. The monoisotopic (exact) mass is 235 g/mol. The zero-order chi connectivity index (χ0) is 11.4. The van der Waals surface area contributed by atoms with Gasteiger partial charge in [-0.15, -0.1) is 11.3 Å². The molecule has 0 aliphatic carbocycles. The van der Waals surface area contributed by atoms with Gasteiger partial charge in [0.2, 0.25) is 0 Å². The average Bonchev–Trinajstić information content (AvgIpc) is 2.87. The van der Waals surface area contributed by atoms with Crippen molar-refractivity contribution in [3.8, 4) is 0 Å². The third-order valence-corrected chi connectivity index (χ3v) is 3.07. The van der Waals surface area contributed by atoms with E-state index in [0.29, 0.717) is 6.04 Å². The molecular formula is C12H17N3S. The Labute approximate surface area is 100 Å². The summed E-state index contributed by atoms with van der Waals surface area (Å²) < 4.78 is 2.24. The predicted octanol–water partition coefficient (Wildman–Crippen LogP) is 2.49. The first kappa shape index (κ1) is 11.4. The molecule has 86 valence electrons. The van der Waals surface area contributed by atoms with Gasteiger partial charge >= 0.3 is 0 Å². The largest absolute Gasteiger partial charge is 0.344 e. The van der Waals surface area contributed by atoms with Crippen molar-refractivity contribution in [2.24, 2.45) is 0 Å². The highest BCUT2D eigenvalue weighted by Gasteiger charge is 2.03. The van der Waals surface area contributed by atoms with Crippen LogP contribution < -0.4 is 5.32 Å². The third kappa shape index (κ3) is 2.93. The summed E-state index contributed by atoms with van der Waals surface area (Å²) in [5.74, 6) is 0. The van der Waals surface area contributed by atoms with E-state index in [1.54, 1.807) is 11.3 Å². The third-order valence-electron chi connectivity index (χ3n) is 2.43. The van der Waals surface area contributed by atoms with Gasteiger partial charge in [0.15, 0.2) is 0 Å². The van der Waals surface area contributed by atoms with E-state index in [2.05, 4.69) is 52.4 Å². The summed E-state index contributed by atoms with van der Waals surface area (Å²) in [6.45, 7) is 6.10. The normalized spacial score (nSPS) is 11.2. The molecule has 0 spiro atoms. The van der Waals surface area contributed by atoms with Gasteiger partial charge < -0.3 is 9.88 Å². The first-order valence-electron chi connectivity index (χ1n) is 5.50. The van der Waals surface area contributed by atoms with E-state index in [-0.39, 0.29) is 0 Å². The SMILES string of the molecule is CC(C)NCc1cccn1Cc1cscn1. The molecule has 0 aromatic carbocycles. The van der Waals surface area contributed by atoms with Crippen LogP contribution in [0.25, 0.3) is 0 Å². The minimum Gasteiger partial charge on any atom is -0.344 e. The second kappa shape index (κ2) is 5.27. The van der Waals surface area contributed by atoms with E-state index >= 15 is 0 Å². The first-order valence-corrected chi connectivity index (χ1v) is 6.44. The Morgan fingerprint density at radius 2 is 2.38 bits per heavy atom. The summed E-state index contributed by atoms with van der Waals surface area (Å²) in [6, 6.07) is 4.76. The molecule has 0 radical (unpaired) electrons. The van der Waals surface area contributed by atoms with E-state index in [4.69, 9.17) is 0 Å². The summed E-state index contributed by atoms with van der Waals surface area (Å²) in [7, 11) is 0. The average molecular weight is 235 g/mol. The lowest BCUT2D eigenvalue weighted by Gasteiger charge is -2.11. The lowest BCUT2D eigenvalue weighted by atomic mass is 10.3. The number of nitrogens with zero attached hydrogens (tertiary/aromatic N) is 2. The molecule has 3 nitrogen and oxygen atoms in total. The maximum atomic E-state index is 4.30. The summed E-state index contributed by atoms with van der Waals surface area (Å²) in [5.41, 5.74) is 4.32. The van der Waals surface area contributed by atoms with Gasteiger partial charge in [0, 0.05) is 29.9 Å². The molecule has 2 aromatic rings. The molecule has 16 heavy (non-hydrogen) atoms. The lowest BCUT2D eigenvalue weighted by Crippen LogP contribution is -2.23. The Hall–Kier alpha value is -1.13. The number of rotatable bonds is 5. The minimum absolute atomic E-state index is 0.516. The van der Waals surface area contributed by atoms with E-state index in [9.17, 15) is 0 Å². The van der Waals surface area contributed by atoms with E-state index in [1.165, 1.54) is 5.69 Å². The van der Waals surface area contributed by atoms with Crippen LogP contribution in [0, 0.1) is 0 Å². The highest BCUT2D eigenvalue weighted by atomic mass is 32.1. The zero-order valence-electron chi connectivity index (χ0n) is 9.68. The van der Waals surface area contributed by atoms with Crippen molar-refractivity contribution in [3.63, 3.8) is 0 Å². The van der Waals surface area contributed by atoms with Crippen LogP contribution >= 0.6 is 11.3 Å². The molecule has 2 rings (SSSR count). The predicted molar refractivity (Wildman–Crippen MR) is 67.6 cm³/mol. The molecule has 0 bridgehead atoms. The Kier molecular flexibility index (Phi) is 3.74. The summed E-state index contributed by atoms with van der Waals surface area (Å²) in [5, 5.41) is 5.53. The molecule has 0 amide bonds. The molecule has 4 heteroatoms. The van der Waals surface area contributed by atoms with Gasteiger partial charge in [-0.1, -0.05) is 13.8 Å². The lowest BCUT2D eigenvalue weighted by molar-refractivity contribution is 0.563. The van der Waals surface area contributed by atoms with Crippen LogP contribution in [0.4, 0.5) is 0 Å². The second-order valence-corrected chi connectivity index (χ2v) is 4.86. The number of nitrogens with one attached hydrogen (secondary N) is 1. The van der Waals surface area contributed by atoms with Crippen molar-refractivity contribution in [3.05, 3.63) is 40.6 Å². The van der Waals surface area contributed by atoms with Crippen molar-refractivity contribution >= 4 is 11.3 Å². The Morgan fingerprint density at radius 1 is 1.50 bits per heavy atom. The van der Waals surface area contributed by atoms with Crippen molar-refractivity contribution in [1.82, 2.24) is 14.9 Å². The quantitative estimate of drug-likeness (QED) is 0.863. The van der Waals surface area contributed by atoms with Gasteiger partial charge in [-0.3, -0.25) is 0 Å². The highest BCUT2D eigenvalue weighted by Crippen LogP contribution is 2.08. The fraction of sp³-hybridized carbons (Fsp3) is 0.417. The van der Waals surface area contributed by atoms with Crippen LogP contribution in [0.3, 0.4) is 0 Å². The van der Waals surface area contributed by atoms with Gasteiger partial charge in [0.1, 0.15) is 0 Å². The molecule has 0 fully saturated rings. The van der Waals surface area contributed by atoms with Gasteiger partial charge in [-0.25, -0.2) is 4.98 Å². The zero-order valence-corrected chi connectivity index (χ0v) is 10.5. The molecular weight excluding hydrogens is 218 g/mol. The summed E-state index contributed by atoms with van der Waals surface area (Å²) >= 11 is 1.65. The van der Waals surface area contributed by atoms with Gasteiger partial charge in [0.05, 0.1) is 17.7 Å². The molecule has 0 aliphatic rings. The first-order chi connectivity index (χ1) is 7.75. The number of thiazole rings is 1. The topological polar surface area (TPSA) is 29.9 Å². The van der Waals surface area contributed by atoms with Crippen molar-refractivity contribution in [2.75, 3.05) is 0 Å². The number of hydrogen-bond donors (Lipinski definition) is 1. The molecule has 0 aliphatic heterocycles. The highest BCUT2D eigenvalue weighted by molar-refractivity contribution is 7.07. The standard InChI is InChI=1S/C12H17N3S/c1-10(2)13-6-12-4-3-5-15(12)7-11-8-16-9-14-11/h3-5,8-10,13H,6-7H2,1-2H3. The smallest absolute Gasteiger partial charge is 0.0795 e.